The molecule has 0 aromatic rings. The second kappa shape index (κ2) is 5.81. The minimum absolute atomic E-state index is 0.0371. The lowest BCUT2D eigenvalue weighted by atomic mass is 10.00. The number of carbonyl (C=O) groups excluding carboxylic acids is 1. The van der Waals surface area contributed by atoms with Gasteiger partial charge < -0.3 is 15.2 Å². The summed E-state index contributed by atoms with van der Waals surface area (Å²) in [5.74, 6) is -0.846. The number of carboxylic acids is 1. The van der Waals surface area contributed by atoms with Crippen LogP contribution < -0.4 is 10.6 Å². The summed E-state index contributed by atoms with van der Waals surface area (Å²) in [6.07, 6.45) is 0.535. The number of rotatable bonds is 5. The molecule has 0 aromatic heterocycles. The molecule has 0 aliphatic carbocycles. The minimum Gasteiger partial charge on any atom is -0.480 e. The minimum atomic E-state index is -0.855. The first-order valence-electron chi connectivity index (χ1n) is 5.26. The molecular weight excluding hydrogens is 212 g/mol. The van der Waals surface area contributed by atoms with E-state index in [9.17, 15) is 9.59 Å². The van der Waals surface area contributed by atoms with Crippen LogP contribution in [-0.4, -0.2) is 49.3 Å². The Balaban J connectivity index is 2.51. The van der Waals surface area contributed by atoms with Crippen LogP contribution in [-0.2, 0) is 14.3 Å². The standard InChI is InChI=1S/C10H18N2O4/c1-6(13)11-4-9-7(5-16-2)3-8(12-9)10(14)15/h7-9,12H,3-5H2,1-2H3,(H,11,13)(H,14,15). The van der Waals surface area contributed by atoms with Gasteiger partial charge in [-0.3, -0.25) is 14.9 Å². The number of carboxylic acid groups (broad SMARTS) is 1. The topological polar surface area (TPSA) is 87.7 Å². The smallest absolute Gasteiger partial charge is 0.320 e. The fourth-order valence-corrected chi connectivity index (χ4v) is 1.98. The summed E-state index contributed by atoms with van der Waals surface area (Å²) < 4.78 is 5.05. The predicted molar refractivity (Wildman–Crippen MR) is 57.0 cm³/mol. The van der Waals surface area contributed by atoms with Crippen LogP contribution in [0.5, 0.6) is 0 Å². The zero-order valence-electron chi connectivity index (χ0n) is 9.53. The van der Waals surface area contributed by atoms with Gasteiger partial charge in [-0.05, 0) is 6.42 Å². The molecule has 3 unspecified atom stereocenters. The molecule has 6 nitrogen and oxygen atoms in total. The van der Waals surface area contributed by atoms with Crippen molar-refractivity contribution in [1.82, 2.24) is 10.6 Å². The zero-order valence-corrected chi connectivity index (χ0v) is 9.53. The van der Waals surface area contributed by atoms with Gasteiger partial charge >= 0.3 is 5.97 Å². The summed E-state index contributed by atoms with van der Waals surface area (Å²) in [4.78, 5) is 21.6. The SMILES string of the molecule is COCC1CC(C(=O)O)NC1CNC(C)=O. The molecule has 1 saturated heterocycles. The van der Waals surface area contributed by atoms with E-state index < -0.39 is 12.0 Å². The maximum absolute atomic E-state index is 10.8. The van der Waals surface area contributed by atoms with E-state index >= 15 is 0 Å². The van der Waals surface area contributed by atoms with E-state index in [4.69, 9.17) is 9.84 Å². The van der Waals surface area contributed by atoms with Crippen LogP contribution in [0.15, 0.2) is 0 Å². The Morgan fingerprint density at radius 2 is 2.25 bits per heavy atom. The highest BCUT2D eigenvalue weighted by molar-refractivity contribution is 5.74. The third kappa shape index (κ3) is 3.46. The average Bonchev–Trinajstić information content (AvgIpc) is 2.59. The predicted octanol–water partition coefficient (Wildman–Crippen LogP) is -0.800. The molecule has 92 valence electrons. The number of ether oxygens (including phenoxy) is 1. The maximum atomic E-state index is 10.8. The van der Waals surface area contributed by atoms with Gasteiger partial charge in [0.1, 0.15) is 6.04 Å². The zero-order chi connectivity index (χ0) is 12.1. The summed E-state index contributed by atoms with van der Waals surface area (Å²) in [6.45, 7) is 2.38. The second-order valence-electron chi connectivity index (χ2n) is 4.05. The molecule has 1 aliphatic heterocycles. The van der Waals surface area contributed by atoms with Crippen LogP contribution in [0.4, 0.5) is 0 Å². The Morgan fingerprint density at radius 1 is 1.56 bits per heavy atom. The summed E-state index contributed by atoms with van der Waals surface area (Å²) in [5, 5.41) is 14.6. The van der Waals surface area contributed by atoms with Gasteiger partial charge in [0.05, 0.1) is 6.61 Å². The van der Waals surface area contributed by atoms with E-state index in [0.29, 0.717) is 19.6 Å². The first-order chi connectivity index (χ1) is 7.54. The molecule has 0 saturated carbocycles. The van der Waals surface area contributed by atoms with Gasteiger partial charge in [0.2, 0.25) is 5.91 Å². The van der Waals surface area contributed by atoms with E-state index in [2.05, 4.69) is 10.6 Å². The van der Waals surface area contributed by atoms with Crippen molar-refractivity contribution in [3.63, 3.8) is 0 Å². The maximum Gasteiger partial charge on any atom is 0.320 e. The van der Waals surface area contributed by atoms with Crippen LogP contribution >= 0.6 is 0 Å². The lowest BCUT2D eigenvalue weighted by Crippen LogP contribution is -2.44. The number of hydrogen-bond donors (Lipinski definition) is 3. The molecule has 1 fully saturated rings. The molecular formula is C10H18N2O4. The van der Waals surface area contributed by atoms with Gasteiger partial charge in [0.25, 0.3) is 0 Å². The highest BCUT2D eigenvalue weighted by Crippen LogP contribution is 2.20. The third-order valence-electron chi connectivity index (χ3n) is 2.77. The number of aliphatic carboxylic acids is 1. The van der Waals surface area contributed by atoms with Gasteiger partial charge in [0.15, 0.2) is 0 Å². The Bertz CT molecular complexity index is 270. The monoisotopic (exact) mass is 230 g/mol. The molecule has 1 rings (SSSR count). The number of nitrogens with one attached hydrogen (secondary N) is 2. The summed E-state index contributed by atoms with van der Waals surface area (Å²) in [7, 11) is 1.59. The highest BCUT2D eigenvalue weighted by Gasteiger charge is 2.36. The van der Waals surface area contributed by atoms with E-state index in [-0.39, 0.29) is 17.9 Å². The molecule has 0 radical (unpaired) electrons. The van der Waals surface area contributed by atoms with Crippen molar-refractivity contribution in [2.45, 2.75) is 25.4 Å². The van der Waals surface area contributed by atoms with Gasteiger partial charge in [0, 0.05) is 32.5 Å². The van der Waals surface area contributed by atoms with Crippen LogP contribution in [0.3, 0.4) is 0 Å². The fourth-order valence-electron chi connectivity index (χ4n) is 1.98. The molecule has 1 aliphatic rings. The first-order valence-corrected chi connectivity index (χ1v) is 5.26. The van der Waals surface area contributed by atoms with Crippen molar-refractivity contribution in [1.29, 1.82) is 0 Å². The Hall–Kier alpha value is -1.14. The molecule has 0 spiro atoms. The van der Waals surface area contributed by atoms with Crippen LogP contribution in [0.25, 0.3) is 0 Å². The molecule has 0 bridgehead atoms. The van der Waals surface area contributed by atoms with Crippen molar-refractivity contribution in [2.75, 3.05) is 20.3 Å². The third-order valence-corrected chi connectivity index (χ3v) is 2.77. The second-order valence-corrected chi connectivity index (χ2v) is 4.05. The quantitative estimate of drug-likeness (QED) is 0.575. The summed E-state index contributed by atoms with van der Waals surface area (Å²) in [5.41, 5.74) is 0. The van der Waals surface area contributed by atoms with Gasteiger partial charge in [-0.25, -0.2) is 0 Å². The highest BCUT2D eigenvalue weighted by atomic mass is 16.5. The van der Waals surface area contributed by atoms with Crippen molar-refractivity contribution in [3.05, 3.63) is 0 Å². The van der Waals surface area contributed by atoms with Crippen molar-refractivity contribution in [3.8, 4) is 0 Å². The Kier molecular flexibility index (Phi) is 4.70. The van der Waals surface area contributed by atoms with Crippen LogP contribution in [0, 0.1) is 5.92 Å². The Labute approximate surface area is 94.3 Å². The molecule has 16 heavy (non-hydrogen) atoms. The Morgan fingerprint density at radius 3 is 2.75 bits per heavy atom. The van der Waals surface area contributed by atoms with E-state index in [1.807, 2.05) is 0 Å². The van der Waals surface area contributed by atoms with Crippen molar-refractivity contribution in [2.24, 2.45) is 5.92 Å². The van der Waals surface area contributed by atoms with Crippen molar-refractivity contribution < 1.29 is 19.4 Å². The van der Waals surface area contributed by atoms with E-state index in [0.717, 1.165) is 0 Å². The van der Waals surface area contributed by atoms with Gasteiger partial charge in [-0.1, -0.05) is 0 Å². The number of hydrogen-bond acceptors (Lipinski definition) is 4. The van der Waals surface area contributed by atoms with E-state index in [1.54, 1.807) is 7.11 Å². The lowest BCUT2D eigenvalue weighted by molar-refractivity contribution is -0.139. The lowest BCUT2D eigenvalue weighted by Gasteiger charge is -2.18. The number of amides is 1. The summed E-state index contributed by atoms with van der Waals surface area (Å²) >= 11 is 0. The molecule has 1 amide bonds. The average molecular weight is 230 g/mol. The normalized spacial score (nSPS) is 29.0. The molecule has 3 atom stereocenters. The molecule has 1 heterocycles. The van der Waals surface area contributed by atoms with E-state index in [1.165, 1.54) is 6.92 Å². The van der Waals surface area contributed by atoms with Crippen LogP contribution in [0.1, 0.15) is 13.3 Å². The first kappa shape index (κ1) is 12.9. The van der Waals surface area contributed by atoms with Gasteiger partial charge in [-0.15, -0.1) is 0 Å². The number of carbonyl (C=O) groups is 2. The largest absolute Gasteiger partial charge is 0.480 e. The summed E-state index contributed by atoms with van der Waals surface area (Å²) in [6, 6.07) is -0.580. The van der Waals surface area contributed by atoms with Crippen LogP contribution in [0.2, 0.25) is 0 Å². The number of methoxy groups -OCH3 is 1. The van der Waals surface area contributed by atoms with Gasteiger partial charge in [-0.2, -0.15) is 0 Å². The molecule has 0 aromatic carbocycles. The molecule has 6 heteroatoms. The van der Waals surface area contributed by atoms with Crippen molar-refractivity contribution >= 4 is 11.9 Å². The molecule has 3 N–H and O–H groups in total. The fraction of sp³-hybridized carbons (Fsp3) is 0.800.